The van der Waals surface area contributed by atoms with E-state index in [9.17, 15) is 0 Å². The van der Waals surface area contributed by atoms with Gasteiger partial charge in [-0.15, -0.1) is 0 Å². The Labute approximate surface area is 232 Å². The van der Waals surface area contributed by atoms with Gasteiger partial charge in [0.05, 0.1) is 16.9 Å². The molecule has 0 aliphatic heterocycles. The van der Waals surface area contributed by atoms with Crippen LogP contribution in [0.3, 0.4) is 0 Å². The molecule has 0 unspecified atom stereocenters. The van der Waals surface area contributed by atoms with Crippen molar-refractivity contribution < 1.29 is 9.47 Å². The first kappa shape index (κ1) is 29.0. The predicted molar refractivity (Wildman–Crippen MR) is 165 cm³/mol. The third kappa shape index (κ3) is 7.14. The minimum atomic E-state index is -1.13. The first-order chi connectivity index (χ1) is 18.0. The van der Waals surface area contributed by atoms with Crippen LogP contribution in [0.2, 0.25) is 44.8 Å². The number of aromatic nitrogens is 3. The highest BCUT2D eigenvalue weighted by Gasteiger charge is 2.32. The van der Waals surface area contributed by atoms with Crippen LogP contribution in [-0.2, 0) is 35.8 Å². The first-order valence-corrected chi connectivity index (χ1v) is 20.5. The molecule has 0 fully saturated rings. The average Bonchev–Trinajstić information content (AvgIpc) is 3.35. The van der Waals surface area contributed by atoms with E-state index < -0.39 is 8.07 Å². The number of aliphatic imine (C=N–C) groups is 1. The third-order valence-electron chi connectivity index (χ3n) is 7.45. The zero-order chi connectivity index (χ0) is 27.5. The van der Waals surface area contributed by atoms with Crippen LogP contribution in [0.4, 0.5) is 5.69 Å². The van der Waals surface area contributed by atoms with E-state index in [2.05, 4.69) is 85.1 Å². The largest absolute Gasteiger partial charge is 0.361 e. The number of nitrogens with zero attached hydrogens (tertiary/aromatic N) is 4. The van der Waals surface area contributed by atoms with Crippen molar-refractivity contribution in [1.29, 1.82) is 0 Å². The van der Waals surface area contributed by atoms with Crippen molar-refractivity contribution in [1.82, 2.24) is 14.3 Å². The van der Waals surface area contributed by atoms with Gasteiger partial charge in [0.1, 0.15) is 19.2 Å². The second-order valence-electron chi connectivity index (χ2n) is 13.0. The second kappa shape index (κ2) is 12.0. The molecule has 2 heterocycles. The summed E-state index contributed by atoms with van der Waals surface area (Å²) in [5, 5.41) is 6.43. The lowest BCUT2D eigenvalue weighted by molar-refractivity contribution is 0.0747. The Hall–Kier alpha value is -2.01. The van der Waals surface area contributed by atoms with Crippen molar-refractivity contribution >= 4 is 39.7 Å². The van der Waals surface area contributed by atoms with Crippen molar-refractivity contribution in [2.24, 2.45) is 10.4 Å². The Morgan fingerprint density at radius 1 is 1.11 bits per heavy atom. The summed E-state index contributed by atoms with van der Waals surface area (Å²) in [6, 6.07) is 11.0. The Kier molecular flexibility index (Phi) is 9.17. The van der Waals surface area contributed by atoms with Crippen molar-refractivity contribution in [3.63, 3.8) is 0 Å². The molecule has 8 heteroatoms. The summed E-state index contributed by atoms with van der Waals surface area (Å²) >= 11 is 0. The van der Waals surface area contributed by atoms with E-state index in [1.807, 2.05) is 13.1 Å². The van der Waals surface area contributed by atoms with Crippen LogP contribution < -0.4 is 0 Å². The normalized spacial score (nSPS) is 15.7. The number of ether oxygens (including phenoxy) is 2. The molecular weight excluding hydrogens is 505 g/mol. The van der Waals surface area contributed by atoms with Crippen molar-refractivity contribution in [2.45, 2.75) is 98.3 Å². The molecule has 6 nitrogen and oxygen atoms in total. The standard InChI is InChI=1S/C30H47N4O2Si2/c1-9-31-24-11-10-23-18-27(33(26(23)19-24)21-35-14-16-37(4)5)29-25-12-13-30(2,3)20-28(25)34(32-29)22-36-15-17-38(6,7)8/h9-11,18-19H,12-17,20-22H2,1-8H3. The van der Waals surface area contributed by atoms with E-state index in [1.54, 1.807) is 0 Å². The van der Waals surface area contributed by atoms with Gasteiger partial charge in [0.25, 0.3) is 0 Å². The van der Waals surface area contributed by atoms with E-state index in [4.69, 9.17) is 14.6 Å². The predicted octanol–water partition coefficient (Wildman–Crippen LogP) is 7.78. The van der Waals surface area contributed by atoms with Gasteiger partial charge in [-0.1, -0.05) is 52.6 Å². The number of hydrogen-bond acceptors (Lipinski definition) is 4. The lowest BCUT2D eigenvalue weighted by atomic mass is 9.76. The second-order valence-corrected chi connectivity index (χ2v) is 21.6. The maximum Gasteiger partial charge on any atom is 0.139 e. The van der Waals surface area contributed by atoms with Crippen LogP contribution in [0.25, 0.3) is 22.3 Å². The van der Waals surface area contributed by atoms with Crippen molar-refractivity contribution in [3.8, 4) is 11.4 Å². The van der Waals surface area contributed by atoms with Crippen molar-refractivity contribution in [3.05, 3.63) is 35.5 Å². The SMILES string of the molecule is CC=Nc1ccc2cc(-c3nn(COCC[Si](C)(C)C)c4c3CCC(C)(C)C4)n(COCC[Si](C)C)c2c1. The number of rotatable bonds is 12. The van der Waals surface area contributed by atoms with E-state index in [1.165, 1.54) is 29.1 Å². The van der Waals surface area contributed by atoms with Gasteiger partial charge < -0.3 is 14.0 Å². The quantitative estimate of drug-likeness (QED) is 0.131. The van der Waals surface area contributed by atoms with Gasteiger partial charge in [0.2, 0.25) is 0 Å². The Balaban J connectivity index is 1.74. The van der Waals surface area contributed by atoms with Gasteiger partial charge in [-0.25, -0.2) is 4.68 Å². The van der Waals surface area contributed by atoms with Gasteiger partial charge in [-0.2, -0.15) is 5.10 Å². The van der Waals surface area contributed by atoms with Gasteiger partial charge in [-0.3, -0.25) is 4.99 Å². The van der Waals surface area contributed by atoms with Gasteiger partial charge in [-0.05, 0) is 61.9 Å². The summed E-state index contributed by atoms with van der Waals surface area (Å²) in [5.74, 6) is 0. The molecule has 38 heavy (non-hydrogen) atoms. The van der Waals surface area contributed by atoms with E-state index in [0.29, 0.717) is 13.5 Å². The Bertz CT molecular complexity index is 1270. The fourth-order valence-electron chi connectivity index (χ4n) is 5.08. The maximum atomic E-state index is 6.25. The molecule has 0 N–H and O–H groups in total. The highest BCUT2D eigenvalue weighted by Crippen LogP contribution is 2.40. The average molecular weight is 552 g/mol. The zero-order valence-corrected chi connectivity index (χ0v) is 26.9. The van der Waals surface area contributed by atoms with Gasteiger partial charge in [0, 0.05) is 52.9 Å². The Morgan fingerprint density at radius 2 is 1.87 bits per heavy atom. The van der Waals surface area contributed by atoms with E-state index >= 15 is 0 Å². The van der Waals surface area contributed by atoms with E-state index in [0.717, 1.165) is 54.7 Å². The third-order valence-corrected chi connectivity index (χ3v) is 10.4. The number of hydrogen-bond donors (Lipinski definition) is 0. The highest BCUT2D eigenvalue weighted by atomic mass is 28.3. The van der Waals surface area contributed by atoms with Gasteiger partial charge >= 0.3 is 0 Å². The molecule has 0 atom stereocenters. The lowest BCUT2D eigenvalue weighted by Crippen LogP contribution is -2.25. The molecule has 0 bridgehead atoms. The summed E-state index contributed by atoms with van der Waals surface area (Å²) in [5.41, 5.74) is 7.30. The molecule has 0 saturated heterocycles. The molecule has 207 valence electrons. The summed E-state index contributed by atoms with van der Waals surface area (Å²) in [7, 11) is -1.45. The lowest BCUT2D eigenvalue weighted by Gasteiger charge is -2.30. The van der Waals surface area contributed by atoms with E-state index in [-0.39, 0.29) is 14.2 Å². The summed E-state index contributed by atoms with van der Waals surface area (Å²) < 4.78 is 16.9. The fourth-order valence-corrected chi connectivity index (χ4v) is 6.39. The van der Waals surface area contributed by atoms with Crippen LogP contribution in [0.15, 0.2) is 29.3 Å². The molecule has 3 aromatic rings. The van der Waals surface area contributed by atoms with Gasteiger partial charge in [0.15, 0.2) is 0 Å². The maximum absolute atomic E-state index is 6.25. The minimum Gasteiger partial charge on any atom is -0.361 e. The molecule has 0 saturated carbocycles. The van der Waals surface area contributed by atoms with Crippen LogP contribution in [0.1, 0.15) is 38.4 Å². The molecule has 2 aromatic heterocycles. The summed E-state index contributed by atoms with van der Waals surface area (Å²) in [6.07, 6.45) is 5.08. The first-order valence-electron chi connectivity index (χ1n) is 14.1. The summed E-state index contributed by atoms with van der Waals surface area (Å²) in [6.45, 7) is 21.2. The minimum absolute atomic E-state index is 0.267. The topological polar surface area (TPSA) is 53.6 Å². The fraction of sp³-hybridized carbons (Fsp3) is 0.600. The van der Waals surface area contributed by atoms with Crippen molar-refractivity contribution in [2.75, 3.05) is 13.2 Å². The molecule has 0 spiro atoms. The summed E-state index contributed by atoms with van der Waals surface area (Å²) in [4.78, 5) is 4.54. The Morgan fingerprint density at radius 3 is 2.58 bits per heavy atom. The molecular formula is C30H47N4O2Si2. The smallest absolute Gasteiger partial charge is 0.139 e. The molecule has 1 aliphatic rings. The van der Waals surface area contributed by atoms with Crippen LogP contribution >= 0.6 is 0 Å². The zero-order valence-electron chi connectivity index (χ0n) is 24.9. The van der Waals surface area contributed by atoms with Crippen LogP contribution in [0.5, 0.6) is 0 Å². The monoisotopic (exact) mass is 551 g/mol. The molecule has 1 aliphatic carbocycles. The van der Waals surface area contributed by atoms with Crippen LogP contribution in [0, 0.1) is 5.41 Å². The molecule has 1 radical (unpaired) electrons. The number of fused-ring (bicyclic) bond motifs is 2. The molecule has 1 aromatic carbocycles. The number of benzene rings is 1. The van der Waals surface area contributed by atoms with Crippen LogP contribution in [-0.4, -0.2) is 50.6 Å². The molecule has 4 rings (SSSR count). The highest BCUT2D eigenvalue weighted by molar-refractivity contribution is 6.76. The molecule has 0 amide bonds.